The van der Waals surface area contributed by atoms with Crippen LogP contribution in [-0.4, -0.2) is 23.9 Å². The second-order valence-electron chi connectivity index (χ2n) is 2.29. The smallest absolute Gasteiger partial charge is 0.321 e. The number of unbranched alkanes of at least 4 members (excludes halogenated alkanes) is 2. The Balaban J connectivity index is 3.52. The van der Waals surface area contributed by atoms with Crippen LogP contribution in [0, 0.1) is 0 Å². The lowest BCUT2D eigenvalue weighted by molar-refractivity contribution is 0.227. The molecule has 0 aromatic rings. The number of amides is 3. The molecule has 0 saturated carbocycles. The fourth-order valence-electron chi connectivity index (χ4n) is 0.721. The van der Waals surface area contributed by atoms with Crippen LogP contribution in [0.3, 0.4) is 0 Å². The Hall–Kier alpha value is -1.06. The normalized spacial score (nSPS) is 9.18. The van der Waals surface area contributed by atoms with E-state index in [4.69, 9.17) is 5.73 Å². The van der Waals surface area contributed by atoms with E-state index >= 15 is 0 Å². The topological polar surface area (TPSA) is 63.4 Å². The van der Waals surface area contributed by atoms with Crippen LogP contribution in [0.25, 0.3) is 0 Å². The number of urea groups is 1. The monoisotopic (exact) mass is 157 g/mol. The molecule has 0 rings (SSSR count). The van der Waals surface area contributed by atoms with Crippen LogP contribution < -0.4 is 5.73 Å². The van der Waals surface area contributed by atoms with Gasteiger partial charge in [-0.25, -0.2) is 4.79 Å². The zero-order chi connectivity index (χ0) is 8.69. The van der Waals surface area contributed by atoms with Crippen molar-refractivity contribution in [2.75, 3.05) is 6.54 Å². The summed E-state index contributed by atoms with van der Waals surface area (Å²) >= 11 is 0. The zero-order valence-electron chi connectivity index (χ0n) is 6.67. The summed E-state index contributed by atoms with van der Waals surface area (Å²) in [5.41, 5.74) is 4.85. The second kappa shape index (κ2) is 5.70. The van der Waals surface area contributed by atoms with Crippen LogP contribution >= 0.6 is 0 Å². The zero-order valence-corrected chi connectivity index (χ0v) is 6.67. The number of hydrogen-bond donors (Lipinski definition) is 1. The number of carbonyl (C=O) groups excluding carboxylic acids is 2. The average Bonchev–Trinajstić information content (AvgIpc) is 1.97. The van der Waals surface area contributed by atoms with Crippen molar-refractivity contribution in [2.45, 2.75) is 26.2 Å². The molecule has 0 spiro atoms. The molecule has 4 nitrogen and oxygen atoms in total. The number of nitrogens with two attached hydrogens (primary N) is 1. The number of hydrogen-bond acceptors (Lipinski definition) is 2. The van der Waals surface area contributed by atoms with E-state index in [1.807, 2.05) is 6.92 Å². The molecule has 0 bridgehead atoms. The van der Waals surface area contributed by atoms with Gasteiger partial charge in [0.2, 0.25) is 0 Å². The molecule has 2 N–H and O–H groups in total. The number of nitrogens with zero attached hydrogens (tertiary/aromatic N) is 1. The van der Waals surface area contributed by atoms with Gasteiger partial charge in [0.1, 0.15) is 0 Å². The van der Waals surface area contributed by atoms with Gasteiger partial charge in [-0.1, -0.05) is 19.8 Å². The van der Waals surface area contributed by atoms with Crippen molar-refractivity contribution >= 4 is 12.4 Å². The van der Waals surface area contributed by atoms with Crippen molar-refractivity contribution in [1.82, 2.24) is 4.90 Å². The van der Waals surface area contributed by atoms with Crippen LogP contribution in [0.5, 0.6) is 0 Å². The third-order valence-electron chi connectivity index (χ3n) is 1.36. The van der Waals surface area contributed by atoms with Crippen molar-refractivity contribution in [2.24, 2.45) is 5.73 Å². The third kappa shape index (κ3) is 4.36. The first-order valence-electron chi connectivity index (χ1n) is 3.67. The molecule has 1 radical (unpaired) electrons. The maximum absolute atomic E-state index is 10.4. The Kier molecular flexibility index (Phi) is 5.15. The highest BCUT2D eigenvalue weighted by molar-refractivity contribution is 5.83. The summed E-state index contributed by atoms with van der Waals surface area (Å²) in [6.07, 6.45) is 4.31. The molecule has 4 heteroatoms. The minimum absolute atomic E-state index is 0.382. The van der Waals surface area contributed by atoms with E-state index in [0.29, 0.717) is 6.54 Å². The minimum Gasteiger partial charge on any atom is -0.351 e. The summed E-state index contributed by atoms with van der Waals surface area (Å²) in [7, 11) is 0. The number of rotatable bonds is 5. The third-order valence-corrected chi connectivity index (χ3v) is 1.36. The highest BCUT2D eigenvalue weighted by Crippen LogP contribution is 1.95. The van der Waals surface area contributed by atoms with Gasteiger partial charge in [0.15, 0.2) is 0 Å². The minimum atomic E-state index is -0.726. The molecule has 63 valence electrons. The average molecular weight is 157 g/mol. The largest absolute Gasteiger partial charge is 0.351 e. The molecule has 0 heterocycles. The fraction of sp³-hybridized carbons (Fsp3) is 0.714. The number of carbonyl (C=O) groups is 1. The molecule has 0 aliphatic carbocycles. The van der Waals surface area contributed by atoms with Gasteiger partial charge in [-0.2, -0.15) is 0 Å². The maximum atomic E-state index is 10.4. The quantitative estimate of drug-likeness (QED) is 0.469. The van der Waals surface area contributed by atoms with Gasteiger partial charge in [-0.15, -0.1) is 0 Å². The molecule has 0 unspecified atom stereocenters. The van der Waals surface area contributed by atoms with E-state index in [2.05, 4.69) is 0 Å². The van der Waals surface area contributed by atoms with E-state index < -0.39 is 6.03 Å². The lowest BCUT2D eigenvalue weighted by Gasteiger charge is -2.09. The lowest BCUT2D eigenvalue weighted by atomic mass is 10.2. The Morgan fingerprint density at radius 3 is 2.55 bits per heavy atom. The van der Waals surface area contributed by atoms with E-state index in [1.165, 1.54) is 6.41 Å². The highest BCUT2D eigenvalue weighted by Gasteiger charge is 2.06. The second-order valence-corrected chi connectivity index (χ2v) is 2.29. The molecule has 0 saturated heterocycles. The first-order valence-corrected chi connectivity index (χ1v) is 3.67. The van der Waals surface area contributed by atoms with Gasteiger partial charge in [0.25, 0.3) is 0 Å². The van der Waals surface area contributed by atoms with Gasteiger partial charge in [-0.3, -0.25) is 9.69 Å². The van der Waals surface area contributed by atoms with Crippen LogP contribution in [-0.2, 0) is 4.79 Å². The Bertz CT molecular complexity index is 136. The van der Waals surface area contributed by atoms with Crippen LogP contribution in [0.2, 0.25) is 0 Å². The molecule has 0 aromatic carbocycles. The highest BCUT2D eigenvalue weighted by atomic mass is 16.2. The van der Waals surface area contributed by atoms with Crippen LogP contribution in [0.4, 0.5) is 4.79 Å². The van der Waals surface area contributed by atoms with E-state index in [9.17, 15) is 9.59 Å². The Morgan fingerprint density at radius 1 is 1.55 bits per heavy atom. The fourth-order valence-corrected chi connectivity index (χ4v) is 0.721. The summed E-state index contributed by atoms with van der Waals surface area (Å²) in [4.78, 5) is 21.3. The van der Waals surface area contributed by atoms with Crippen molar-refractivity contribution in [3.05, 3.63) is 0 Å². The summed E-state index contributed by atoms with van der Waals surface area (Å²) in [6.45, 7) is 2.42. The van der Waals surface area contributed by atoms with Gasteiger partial charge in [0.05, 0.1) is 0 Å². The van der Waals surface area contributed by atoms with E-state index in [-0.39, 0.29) is 0 Å². The standard InChI is InChI=1S/C7H13N2O2/c1-2-3-4-5-9(6-10)7(8)11/h2-5H2,1H3,(H2,8,11). The van der Waals surface area contributed by atoms with Gasteiger partial charge in [-0.05, 0) is 6.42 Å². The van der Waals surface area contributed by atoms with Crippen molar-refractivity contribution in [3.63, 3.8) is 0 Å². The van der Waals surface area contributed by atoms with Crippen molar-refractivity contribution in [3.8, 4) is 0 Å². The first kappa shape index (κ1) is 9.94. The predicted molar refractivity (Wildman–Crippen MR) is 41.5 cm³/mol. The molecule has 11 heavy (non-hydrogen) atoms. The maximum Gasteiger partial charge on any atom is 0.321 e. The van der Waals surface area contributed by atoms with Gasteiger partial charge < -0.3 is 5.73 Å². The Morgan fingerprint density at radius 2 is 2.18 bits per heavy atom. The molecular formula is C7H13N2O2. The van der Waals surface area contributed by atoms with Crippen molar-refractivity contribution in [1.29, 1.82) is 0 Å². The molecule has 0 fully saturated rings. The molecule has 0 aliphatic rings. The first-order chi connectivity index (χ1) is 5.22. The van der Waals surface area contributed by atoms with E-state index in [0.717, 1.165) is 24.2 Å². The molecule has 3 amide bonds. The van der Waals surface area contributed by atoms with Gasteiger partial charge in [0, 0.05) is 6.54 Å². The molecule has 0 aromatic heterocycles. The summed E-state index contributed by atoms with van der Waals surface area (Å²) in [5, 5.41) is 0. The molecule has 0 aliphatic heterocycles. The summed E-state index contributed by atoms with van der Waals surface area (Å²) < 4.78 is 0. The SMILES string of the molecule is CCCCCN([C]=O)C(N)=O. The Labute approximate surface area is 66.4 Å². The lowest BCUT2D eigenvalue weighted by Crippen LogP contribution is -2.35. The predicted octanol–water partition coefficient (Wildman–Crippen LogP) is 0.625. The van der Waals surface area contributed by atoms with Crippen molar-refractivity contribution < 1.29 is 9.59 Å². The van der Waals surface area contributed by atoms with Crippen LogP contribution in [0.1, 0.15) is 26.2 Å². The molecule has 0 atom stereocenters. The molecular weight excluding hydrogens is 144 g/mol. The number of primary amides is 1. The number of imide groups is 1. The summed E-state index contributed by atoms with van der Waals surface area (Å²) in [5.74, 6) is 0. The van der Waals surface area contributed by atoms with E-state index in [1.54, 1.807) is 0 Å². The van der Waals surface area contributed by atoms with Gasteiger partial charge >= 0.3 is 12.4 Å². The van der Waals surface area contributed by atoms with Crippen LogP contribution in [0.15, 0.2) is 0 Å². The summed E-state index contributed by atoms with van der Waals surface area (Å²) in [6, 6.07) is -0.726.